The topological polar surface area (TPSA) is 38.4 Å². The highest BCUT2D eigenvalue weighted by atomic mass is 14.8. The molecule has 0 radical (unpaired) electrons. The van der Waals surface area contributed by atoms with Crippen molar-refractivity contribution in [1.29, 1.82) is 0 Å². The van der Waals surface area contributed by atoms with E-state index in [1.54, 1.807) is 6.20 Å². The Hall–Kier alpha value is -0.790. The molecule has 0 fully saturated rings. The van der Waals surface area contributed by atoms with Crippen molar-refractivity contribution in [3.8, 4) is 0 Å². The average molecular weight is 110 g/mol. The van der Waals surface area contributed by atoms with Crippen LogP contribution in [0.1, 0.15) is 13.8 Å². The van der Waals surface area contributed by atoms with E-state index in [1.807, 2.05) is 20.1 Å². The zero-order valence-electron chi connectivity index (χ0n) is 5.18. The predicted octanol–water partition coefficient (Wildman–Crippen LogP) is 0.897. The Morgan fingerprint density at radius 2 is 2.25 bits per heavy atom. The van der Waals surface area contributed by atoms with Crippen LogP contribution in [0.25, 0.3) is 0 Å². The van der Waals surface area contributed by atoms with E-state index in [4.69, 9.17) is 5.73 Å². The third kappa shape index (κ3) is 0.619. The van der Waals surface area contributed by atoms with E-state index in [0.717, 1.165) is 5.70 Å². The fourth-order valence-corrected chi connectivity index (χ4v) is 0.545. The summed E-state index contributed by atoms with van der Waals surface area (Å²) in [7, 11) is 0. The molecule has 0 spiro atoms. The van der Waals surface area contributed by atoms with Crippen LogP contribution in [0.3, 0.4) is 0 Å². The van der Waals surface area contributed by atoms with Crippen LogP contribution in [-0.4, -0.2) is 6.21 Å². The van der Waals surface area contributed by atoms with Gasteiger partial charge in [0.15, 0.2) is 0 Å². The van der Waals surface area contributed by atoms with Crippen molar-refractivity contribution < 1.29 is 0 Å². The standard InChI is InChI=1S/C6H10N2/c1-6(2)4-8-3-5(6)7/h3-4H,7H2,1-2H3. The molecular formula is C6H10N2. The van der Waals surface area contributed by atoms with Crippen molar-refractivity contribution in [3.05, 3.63) is 11.9 Å². The predicted molar refractivity (Wildman–Crippen MR) is 34.5 cm³/mol. The van der Waals surface area contributed by atoms with Gasteiger partial charge in [-0.1, -0.05) is 0 Å². The summed E-state index contributed by atoms with van der Waals surface area (Å²) in [5.74, 6) is 0. The Morgan fingerprint density at radius 3 is 2.38 bits per heavy atom. The summed E-state index contributed by atoms with van der Waals surface area (Å²) in [6.45, 7) is 4.07. The van der Waals surface area contributed by atoms with E-state index in [9.17, 15) is 0 Å². The first-order chi connectivity index (χ1) is 3.63. The third-order valence-corrected chi connectivity index (χ3v) is 1.35. The van der Waals surface area contributed by atoms with Gasteiger partial charge in [0.05, 0.1) is 0 Å². The van der Waals surface area contributed by atoms with Crippen molar-refractivity contribution in [2.75, 3.05) is 0 Å². The summed E-state index contributed by atoms with van der Waals surface area (Å²) in [6, 6.07) is 0. The lowest BCUT2D eigenvalue weighted by Gasteiger charge is -2.13. The lowest BCUT2D eigenvalue weighted by atomic mass is 9.93. The van der Waals surface area contributed by atoms with Crippen molar-refractivity contribution in [2.45, 2.75) is 13.8 Å². The minimum Gasteiger partial charge on any atom is -0.400 e. The molecule has 0 aliphatic carbocycles. The van der Waals surface area contributed by atoms with E-state index in [0.29, 0.717) is 0 Å². The number of nitrogens with zero attached hydrogens (tertiary/aromatic N) is 1. The first-order valence-corrected chi connectivity index (χ1v) is 2.63. The van der Waals surface area contributed by atoms with Gasteiger partial charge in [-0.25, -0.2) is 0 Å². The molecule has 0 aromatic heterocycles. The molecule has 1 aliphatic heterocycles. The summed E-state index contributed by atoms with van der Waals surface area (Å²) in [4.78, 5) is 3.91. The van der Waals surface area contributed by atoms with Gasteiger partial charge in [-0.05, 0) is 13.8 Å². The van der Waals surface area contributed by atoms with Gasteiger partial charge in [0.2, 0.25) is 0 Å². The minimum absolute atomic E-state index is 0. The second-order valence-electron chi connectivity index (χ2n) is 2.58. The molecule has 0 bridgehead atoms. The molecule has 1 rings (SSSR count). The number of rotatable bonds is 0. The monoisotopic (exact) mass is 110 g/mol. The van der Waals surface area contributed by atoms with Crippen molar-refractivity contribution in [1.82, 2.24) is 0 Å². The first kappa shape index (κ1) is 5.35. The van der Waals surface area contributed by atoms with Gasteiger partial charge in [0.1, 0.15) is 0 Å². The lowest BCUT2D eigenvalue weighted by Crippen LogP contribution is -2.18. The first-order valence-electron chi connectivity index (χ1n) is 2.63. The molecule has 0 saturated carbocycles. The summed E-state index contributed by atoms with van der Waals surface area (Å²) in [5, 5.41) is 0. The van der Waals surface area contributed by atoms with Gasteiger partial charge in [-0.15, -0.1) is 0 Å². The fraction of sp³-hybridized carbons (Fsp3) is 0.500. The van der Waals surface area contributed by atoms with Gasteiger partial charge in [0, 0.05) is 23.5 Å². The summed E-state index contributed by atoms with van der Waals surface area (Å²) in [6.07, 6.45) is 3.54. The normalized spacial score (nSPS) is 23.5. The van der Waals surface area contributed by atoms with Gasteiger partial charge >= 0.3 is 0 Å². The Kier molecular flexibility index (Phi) is 0.897. The second-order valence-corrected chi connectivity index (χ2v) is 2.58. The zero-order chi connectivity index (χ0) is 6.20. The molecule has 44 valence electrons. The Balaban J connectivity index is 2.87. The van der Waals surface area contributed by atoms with Crippen LogP contribution < -0.4 is 5.73 Å². The largest absolute Gasteiger partial charge is 0.400 e. The summed E-state index contributed by atoms with van der Waals surface area (Å²) >= 11 is 0. The molecule has 2 nitrogen and oxygen atoms in total. The van der Waals surface area contributed by atoms with Crippen LogP contribution in [0.4, 0.5) is 0 Å². The molecule has 0 aromatic rings. The minimum atomic E-state index is 0. The van der Waals surface area contributed by atoms with Gasteiger partial charge in [0.25, 0.3) is 0 Å². The Morgan fingerprint density at radius 1 is 1.62 bits per heavy atom. The van der Waals surface area contributed by atoms with Crippen LogP contribution in [0, 0.1) is 5.41 Å². The zero-order valence-corrected chi connectivity index (χ0v) is 5.18. The molecular weight excluding hydrogens is 100 g/mol. The van der Waals surface area contributed by atoms with Crippen molar-refractivity contribution in [2.24, 2.45) is 16.1 Å². The molecule has 1 heterocycles. The highest BCUT2D eigenvalue weighted by Gasteiger charge is 2.20. The highest BCUT2D eigenvalue weighted by Crippen LogP contribution is 2.23. The number of nitrogens with two attached hydrogens (primary N) is 1. The maximum Gasteiger partial charge on any atom is 0.0461 e. The van der Waals surface area contributed by atoms with E-state index >= 15 is 0 Å². The molecule has 1 aliphatic rings. The summed E-state index contributed by atoms with van der Waals surface area (Å²) in [5.41, 5.74) is 6.39. The van der Waals surface area contributed by atoms with Crippen LogP contribution in [0.2, 0.25) is 0 Å². The van der Waals surface area contributed by atoms with Crippen molar-refractivity contribution >= 4 is 6.21 Å². The SMILES string of the molecule is CC1(C)C=NC=C1N. The van der Waals surface area contributed by atoms with E-state index < -0.39 is 0 Å². The number of aliphatic imine (C=N–C) groups is 1. The molecule has 0 atom stereocenters. The molecule has 8 heavy (non-hydrogen) atoms. The maximum absolute atomic E-state index is 5.55. The van der Waals surface area contributed by atoms with E-state index in [1.165, 1.54) is 0 Å². The van der Waals surface area contributed by atoms with Crippen LogP contribution in [0.5, 0.6) is 0 Å². The molecule has 0 saturated heterocycles. The van der Waals surface area contributed by atoms with Gasteiger partial charge in [-0.3, -0.25) is 4.99 Å². The number of hydrogen-bond donors (Lipinski definition) is 1. The van der Waals surface area contributed by atoms with Crippen LogP contribution in [0.15, 0.2) is 16.9 Å². The third-order valence-electron chi connectivity index (χ3n) is 1.35. The fourth-order valence-electron chi connectivity index (χ4n) is 0.545. The smallest absolute Gasteiger partial charge is 0.0461 e. The summed E-state index contributed by atoms with van der Waals surface area (Å²) < 4.78 is 0. The highest BCUT2D eigenvalue weighted by molar-refractivity contribution is 5.72. The molecule has 0 aromatic carbocycles. The Labute approximate surface area is 49.1 Å². The molecule has 0 unspecified atom stereocenters. The van der Waals surface area contributed by atoms with Gasteiger partial charge in [-0.2, -0.15) is 0 Å². The van der Waals surface area contributed by atoms with E-state index in [-0.39, 0.29) is 5.41 Å². The Bertz CT molecular complexity index is 154. The van der Waals surface area contributed by atoms with Crippen LogP contribution in [-0.2, 0) is 0 Å². The molecule has 0 amide bonds. The number of allylic oxidation sites excluding steroid dienone is 1. The maximum atomic E-state index is 5.55. The average Bonchev–Trinajstić information content (AvgIpc) is 1.86. The molecule has 2 N–H and O–H groups in total. The second kappa shape index (κ2) is 1.34. The van der Waals surface area contributed by atoms with Crippen molar-refractivity contribution in [3.63, 3.8) is 0 Å². The lowest BCUT2D eigenvalue weighted by molar-refractivity contribution is 0.646. The number of hydrogen-bond acceptors (Lipinski definition) is 2. The van der Waals surface area contributed by atoms with Crippen LogP contribution >= 0.6 is 0 Å². The van der Waals surface area contributed by atoms with Gasteiger partial charge < -0.3 is 5.73 Å². The molecule has 2 heteroatoms. The van der Waals surface area contributed by atoms with E-state index in [2.05, 4.69) is 4.99 Å². The quantitative estimate of drug-likeness (QED) is 0.494.